The number of nitrogens with one attached hydrogen (secondary N) is 3. The van der Waals surface area contributed by atoms with Gasteiger partial charge in [0, 0.05) is 37.3 Å². The van der Waals surface area contributed by atoms with Crippen molar-refractivity contribution in [2.75, 3.05) is 52.5 Å². The summed E-state index contributed by atoms with van der Waals surface area (Å²) >= 11 is 0. The fourth-order valence-electron chi connectivity index (χ4n) is 3.02. The first-order valence-electron chi connectivity index (χ1n) is 10.7. The summed E-state index contributed by atoms with van der Waals surface area (Å²) in [6, 6.07) is 7.94. The van der Waals surface area contributed by atoms with Crippen molar-refractivity contribution >= 4 is 11.9 Å². The molecule has 0 bridgehead atoms. The molecule has 8 heteroatoms. The fourth-order valence-corrected chi connectivity index (χ4v) is 3.02. The fraction of sp³-hybridized carbons (Fsp3) is 0.636. The number of para-hydroxylation sites is 1. The van der Waals surface area contributed by atoms with Gasteiger partial charge in [-0.1, -0.05) is 18.2 Å². The Kier molecular flexibility index (Phi) is 9.89. The molecule has 1 saturated heterocycles. The number of rotatable bonds is 9. The lowest BCUT2D eigenvalue weighted by Gasteiger charge is -2.26. The van der Waals surface area contributed by atoms with E-state index >= 15 is 0 Å². The van der Waals surface area contributed by atoms with Gasteiger partial charge in [-0.15, -0.1) is 0 Å². The van der Waals surface area contributed by atoms with E-state index in [1.807, 2.05) is 52.0 Å². The van der Waals surface area contributed by atoms with Crippen molar-refractivity contribution in [1.82, 2.24) is 20.9 Å². The van der Waals surface area contributed by atoms with Crippen LogP contribution in [0, 0.1) is 0 Å². The van der Waals surface area contributed by atoms with Crippen LogP contribution in [0.25, 0.3) is 0 Å². The van der Waals surface area contributed by atoms with Gasteiger partial charge in [-0.2, -0.15) is 0 Å². The van der Waals surface area contributed by atoms with E-state index in [4.69, 9.17) is 9.47 Å². The molecule has 1 aliphatic heterocycles. The summed E-state index contributed by atoms with van der Waals surface area (Å²) in [5.41, 5.74) is 0.752. The van der Waals surface area contributed by atoms with Crippen LogP contribution in [0.5, 0.6) is 5.75 Å². The molecule has 0 saturated carbocycles. The summed E-state index contributed by atoms with van der Waals surface area (Å²) in [4.78, 5) is 19.0. The molecular weight excluding hydrogens is 382 g/mol. The molecule has 1 aliphatic rings. The third-order valence-electron chi connectivity index (χ3n) is 4.42. The molecule has 1 amide bonds. The second kappa shape index (κ2) is 12.4. The molecule has 8 nitrogen and oxygen atoms in total. The molecule has 0 aromatic heterocycles. The number of guanidine groups is 1. The molecule has 1 heterocycles. The normalized spacial score (nSPS) is 15.5. The molecule has 3 N–H and O–H groups in total. The van der Waals surface area contributed by atoms with Crippen molar-refractivity contribution < 1.29 is 14.3 Å². The molecule has 1 aromatic carbocycles. The highest BCUT2D eigenvalue weighted by atomic mass is 16.5. The molecule has 168 valence electrons. The highest BCUT2D eigenvalue weighted by molar-refractivity contribution is 5.86. The van der Waals surface area contributed by atoms with Gasteiger partial charge in [-0.3, -0.25) is 9.69 Å². The summed E-state index contributed by atoms with van der Waals surface area (Å²) < 4.78 is 11.4. The second-order valence-corrected chi connectivity index (χ2v) is 8.26. The lowest BCUT2D eigenvalue weighted by Crippen LogP contribution is -2.48. The largest absolute Gasteiger partial charge is 0.492 e. The Morgan fingerprint density at radius 2 is 1.93 bits per heavy atom. The maximum Gasteiger partial charge on any atom is 0.239 e. The van der Waals surface area contributed by atoms with E-state index in [2.05, 4.69) is 25.8 Å². The quantitative estimate of drug-likeness (QED) is 0.414. The van der Waals surface area contributed by atoms with Crippen LogP contribution in [-0.4, -0.2) is 74.8 Å². The minimum Gasteiger partial charge on any atom is -0.492 e. The van der Waals surface area contributed by atoms with Gasteiger partial charge in [0.05, 0.1) is 26.3 Å². The van der Waals surface area contributed by atoms with E-state index in [1.165, 1.54) is 0 Å². The number of carbonyl (C=O) groups is 1. The Bertz CT molecular complexity index is 682. The van der Waals surface area contributed by atoms with Gasteiger partial charge >= 0.3 is 0 Å². The number of carbonyl (C=O) groups excluding carboxylic acids is 1. The van der Waals surface area contributed by atoms with Crippen LogP contribution in [0.2, 0.25) is 0 Å². The standard InChI is InChI=1S/C22H37N5O3/c1-5-23-21(25-17-20(28)26-22(2,3)4)24-16-18-8-6-7-9-19(18)30-15-12-27-10-13-29-14-11-27/h6-9H,5,10-17H2,1-4H3,(H,26,28)(H2,23,24,25). The summed E-state index contributed by atoms with van der Waals surface area (Å²) in [6.07, 6.45) is 0. The monoisotopic (exact) mass is 419 g/mol. The van der Waals surface area contributed by atoms with Crippen LogP contribution in [0.3, 0.4) is 0 Å². The van der Waals surface area contributed by atoms with Crippen molar-refractivity contribution in [1.29, 1.82) is 0 Å². The number of aliphatic imine (C=N–C) groups is 1. The summed E-state index contributed by atoms with van der Waals surface area (Å²) in [5.74, 6) is 1.38. The van der Waals surface area contributed by atoms with Crippen molar-refractivity contribution in [3.05, 3.63) is 29.8 Å². The van der Waals surface area contributed by atoms with Crippen LogP contribution >= 0.6 is 0 Å². The second-order valence-electron chi connectivity index (χ2n) is 8.26. The van der Waals surface area contributed by atoms with E-state index in [0.717, 1.165) is 44.2 Å². The summed E-state index contributed by atoms with van der Waals surface area (Å²) in [6.45, 7) is 14.2. The molecule has 30 heavy (non-hydrogen) atoms. The number of hydrogen-bond acceptors (Lipinski definition) is 5. The predicted octanol–water partition coefficient (Wildman–Crippen LogP) is 1.37. The molecule has 1 aromatic rings. The van der Waals surface area contributed by atoms with E-state index in [0.29, 0.717) is 25.7 Å². The summed E-state index contributed by atoms with van der Waals surface area (Å²) in [5, 5.41) is 9.20. The molecule has 2 rings (SSSR count). The van der Waals surface area contributed by atoms with Crippen molar-refractivity contribution in [3.8, 4) is 5.75 Å². The van der Waals surface area contributed by atoms with Gasteiger partial charge in [0.25, 0.3) is 0 Å². The number of ether oxygens (including phenoxy) is 2. The first-order valence-corrected chi connectivity index (χ1v) is 10.7. The smallest absolute Gasteiger partial charge is 0.239 e. The average Bonchev–Trinajstić information content (AvgIpc) is 2.70. The number of amides is 1. The van der Waals surface area contributed by atoms with Crippen molar-refractivity contribution in [2.45, 2.75) is 39.8 Å². The maximum absolute atomic E-state index is 12.1. The SMILES string of the molecule is CCNC(=NCc1ccccc1OCCN1CCOCC1)NCC(=O)NC(C)(C)C. The Hall–Kier alpha value is -2.32. The molecular formula is C22H37N5O3. The number of hydrogen-bond donors (Lipinski definition) is 3. The van der Waals surface area contributed by atoms with Gasteiger partial charge in [-0.25, -0.2) is 4.99 Å². The van der Waals surface area contributed by atoms with Gasteiger partial charge in [0.2, 0.25) is 5.91 Å². The predicted molar refractivity (Wildman–Crippen MR) is 120 cm³/mol. The third-order valence-corrected chi connectivity index (χ3v) is 4.42. The van der Waals surface area contributed by atoms with Gasteiger partial charge in [-0.05, 0) is 33.8 Å². The first kappa shape index (κ1) is 24.0. The topological polar surface area (TPSA) is 87.2 Å². The molecule has 0 aliphatic carbocycles. The molecule has 0 spiro atoms. The highest BCUT2D eigenvalue weighted by Gasteiger charge is 2.14. The number of benzene rings is 1. The van der Waals surface area contributed by atoms with Crippen LogP contribution in [-0.2, 0) is 16.1 Å². The zero-order valence-electron chi connectivity index (χ0n) is 18.8. The van der Waals surface area contributed by atoms with Crippen LogP contribution in [0.15, 0.2) is 29.3 Å². The molecule has 0 unspecified atom stereocenters. The minimum atomic E-state index is -0.258. The zero-order chi connectivity index (χ0) is 21.8. The van der Waals surface area contributed by atoms with Crippen molar-refractivity contribution in [3.63, 3.8) is 0 Å². The molecule has 0 atom stereocenters. The number of morpholine rings is 1. The molecule has 1 fully saturated rings. The van der Waals surface area contributed by atoms with Crippen LogP contribution < -0.4 is 20.7 Å². The van der Waals surface area contributed by atoms with E-state index < -0.39 is 0 Å². The van der Waals surface area contributed by atoms with Crippen molar-refractivity contribution in [2.24, 2.45) is 4.99 Å². The Morgan fingerprint density at radius 1 is 1.20 bits per heavy atom. The third kappa shape index (κ3) is 9.45. The minimum absolute atomic E-state index is 0.0695. The first-order chi connectivity index (χ1) is 14.4. The Balaban J connectivity index is 1.88. The molecule has 0 radical (unpaired) electrons. The Labute approximate surface area is 180 Å². The van der Waals surface area contributed by atoms with Crippen LogP contribution in [0.4, 0.5) is 0 Å². The number of nitrogens with zero attached hydrogens (tertiary/aromatic N) is 2. The van der Waals surface area contributed by atoms with E-state index in [1.54, 1.807) is 0 Å². The van der Waals surface area contributed by atoms with Crippen LogP contribution in [0.1, 0.15) is 33.3 Å². The van der Waals surface area contributed by atoms with Gasteiger partial charge < -0.3 is 25.4 Å². The highest BCUT2D eigenvalue weighted by Crippen LogP contribution is 2.19. The van der Waals surface area contributed by atoms with Gasteiger partial charge in [0.1, 0.15) is 12.4 Å². The summed E-state index contributed by atoms with van der Waals surface area (Å²) in [7, 11) is 0. The average molecular weight is 420 g/mol. The lowest BCUT2D eigenvalue weighted by atomic mass is 10.1. The van der Waals surface area contributed by atoms with E-state index in [-0.39, 0.29) is 18.0 Å². The van der Waals surface area contributed by atoms with E-state index in [9.17, 15) is 4.79 Å². The zero-order valence-corrected chi connectivity index (χ0v) is 18.8. The lowest BCUT2D eigenvalue weighted by molar-refractivity contribution is -0.121. The Morgan fingerprint density at radius 3 is 2.63 bits per heavy atom. The maximum atomic E-state index is 12.1. The van der Waals surface area contributed by atoms with Gasteiger partial charge in [0.15, 0.2) is 5.96 Å².